The van der Waals surface area contributed by atoms with E-state index in [1.165, 1.54) is 0 Å². The molecule has 0 aliphatic carbocycles. The van der Waals surface area contributed by atoms with E-state index in [1.807, 2.05) is 26.0 Å². The normalized spacial score (nSPS) is 10.4. The number of nitrogens with zero attached hydrogens (tertiary/aromatic N) is 1. The van der Waals surface area contributed by atoms with E-state index in [9.17, 15) is 9.90 Å². The van der Waals surface area contributed by atoms with Gasteiger partial charge >= 0.3 is 5.97 Å². The van der Waals surface area contributed by atoms with Gasteiger partial charge in [0.1, 0.15) is 11.4 Å². The summed E-state index contributed by atoms with van der Waals surface area (Å²) in [7, 11) is 0. The first-order chi connectivity index (χ1) is 9.38. The van der Waals surface area contributed by atoms with Crippen molar-refractivity contribution < 1.29 is 9.90 Å². The van der Waals surface area contributed by atoms with Crippen molar-refractivity contribution in [3.05, 3.63) is 51.7 Å². The van der Waals surface area contributed by atoms with Crippen molar-refractivity contribution in [3.8, 4) is 0 Å². The van der Waals surface area contributed by atoms with Gasteiger partial charge in [-0.1, -0.05) is 17.7 Å². The zero-order chi connectivity index (χ0) is 14.9. The van der Waals surface area contributed by atoms with Crippen LogP contribution in [0.25, 0.3) is 0 Å². The average molecular weight is 291 g/mol. The van der Waals surface area contributed by atoms with E-state index >= 15 is 0 Å². The number of hydrogen-bond donors (Lipinski definition) is 2. The number of aromatic carboxylic acids is 1. The number of aromatic nitrogens is 1. The maximum absolute atomic E-state index is 11.4. The Morgan fingerprint density at radius 3 is 2.60 bits per heavy atom. The number of benzene rings is 1. The second-order valence-electron chi connectivity index (χ2n) is 4.72. The van der Waals surface area contributed by atoms with Crippen LogP contribution in [0.5, 0.6) is 0 Å². The maximum Gasteiger partial charge on any atom is 0.339 e. The quantitative estimate of drug-likeness (QED) is 0.893. The molecule has 0 bridgehead atoms. The molecule has 0 aliphatic rings. The van der Waals surface area contributed by atoms with Crippen LogP contribution in [0.15, 0.2) is 24.3 Å². The number of carbonyl (C=O) groups is 1. The Balaban J connectivity index is 2.53. The Morgan fingerprint density at radius 2 is 1.95 bits per heavy atom. The summed E-state index contributed by atoms with van der Waals surface area (Å²) in [5, 5.41) is 12.9. The van der Waals surface area contributed by atoms with Crippen LogP contribution < -0.4 is 5.32 Å². The number of nitrogens with one attached hydrogen (secondary N) is 1. The number of carboxylic acids is 1. The Bertz CT molecular complexity index is 684. The van der Waals surface area contributed by atoms with Gasteiger partial charge in [0, 0.05) is 5.69 Å². The third-order valence-corrected chi connectivity index (χ3v) is 3.26. The summed E-state index contributed by atoms with van der Waals surface area (Å²) in [6, 6.07) is 7.25. The molecule has 1 heterocycles. The molecule has 2 N–H and O–H groups in total. The predicted octanol–water partition coefficient (Wildman–Crippen LogP) is 4.10. The molecular weight excluding hydrogens is 276 g/mol. The van der Waals surface area contributed by atoms with Gasteiger partial charge in [0.15, 0.2) is 0 Å². The highest BCUT2D eigenvalue weighted by Crippen LogP contribution is 2.28. The Hall–Kier alpha value is -2.07. The molecule has 5 heteroatoms. The van der Waals surface area contributed by atoms with Crippen molar-refractivity contribution in [1.82, 2.24) is 4.98 Å². The molecule has 0 spiro atoms. The first kappa shape index (κ1) is 14.3. The first-order valence-corrected chi connectivity index (χ1v) is 6.51. The van der Waals surface area contributed by atoms with Crippen LogP contribution in [0.3, 0.4) is 0 Å². The van der Waals surface area contributed by atoms with Gasteiger partial charge in [-0.3, -0.25) is 0 Å². The molecule has 0 atom stereocenters. The highest BCUT2D eigenvalue weighted by molar-refractivity contribution is 6.33. The number of halogens is 1. The summed E-state index contributed by atoms with van der Waals surface area (Å²) in [5.74, 6) is -0.705. The fraction of sp³-hybridized carbons (Fsp3) is 0.200. The molecule has 0 saturated carbocycles. The SMILES string of the molecule is Cc1ccc(Cl)c(Nc2nc(C)cc(C)c2C(=O)O)c1. The van der Waals surface area contributed by atoms with E-state index in [2.05, 4.69) is 10.3 Å². The van der Waals surface area contributed by atoms with Crippen molar-refractivity contribution in [3.63, 3.8) is 0 Å². The highest BCUT2D eigenvalue weighted by atomic mass is 35.5. The number of carboxylic acid groups (broad SMARTS) is 1. The smallest absolute Gasteiger partial charge is 0.339 e. The maximum atomic E-state index is 11.4. The molecule has 0 radical (unpaired) electrons. The van der Waals surface area contributed by atoms with E-state index in [-0.39, 0.29) is 5.56 Å². The molecular formula is C15H15ClN2O2. The first-order valence-electron chi connectivity index (χ1n) is 6.13. The number of rotatable bonds is 3. The van der Waals surface area contributed by atoms with Crippen LogP contribution in [0.1, 0.15) is 27.2 Å². The Kier molecular flexibility index (Phi) is 3.95. The van der Waals surface area contributed by atoms with Crippen LogP contribution in [0.4, 0.5) is 11.5 Å². The summed E-state index contributed by atoms with van der Waals surface area (Å²) in [5.41, 5.74) is 3.24. The molecule has 0 saturated heterocycles. The van der Waals surface area contributed by atoms with Gasteiger partial charge in [0.05, 0.1) is 10.7 Å². The second-order valence-corrected chi connectivity index (χ2v) is 5.12. The summed E-state index contributed by atoms with van der Waals surface area (Å²) in [6.07, 6.45) is 0. The van der Waals surface area contributed by atoms with E-state index in [0.717, 1.165) is 11.3 Å². The lowest BCUT2D eigenvalue weighted by Gasteiger charge is -2.13. The van der Waals surface area contributed by atoms with Gasteiger partial charge < -0.3 is 10.4 Å². The van der Waals surface area contributed by atoms with Crippen molar-refractivity contribution >= 4 is 29.1 Å². The minimum Gasteiger partial charge on any atom is -0.478 e. The van der Waals surface area contributed by atoms with Crippen LogP contribution in [0, 0.1) is 20.8 Å². The van der Waals surface area contributed by atoms with Crippen molar-refractivity contribution in [2.75, 3.05) is 5.32 Å². The topological polar surface area (TPSA) is 62.2 Å². The molecule has 0 unspecified atom stereocenters. The molecule has 0 aliphatic heterocycles. The second kappa shape index (κ2) is 5.51. The fourth-order valence-corrected chi connectivity index (χ4v) is 2.22. The molecule has 104 valence electrons. The van der Waals surface area contributed by atoms with Gasteiger partial charge in [0.2, 0.25) is 0 Å². The summed E-state index contributed by atoms with van der Waals surface area (Å²) in [6.45, 7) is 5.51. The molecule has 20 heavy (non-hydrogen) atoms. The number of anilines is 2. The molecule has 4 nitrogen and oxygen atoms in total. The van der Waals surface area contributed by atoms with Gasteiger partial charge in [-0.15, -0.1) is 0 Å². The van der Waals surface area contributed by atoms with Crippen molar-refractivity contribution in [2.45, 2.75) is 20.8 Å². The average Bonchev–Trinajstić information content (AvgIpc) is 2.32. The fourth-order valence-electron chi connectivity index (χ4n) is 2.06. The predicted molar refractivity (Wildman–Crippen MR) is 80.1 cm³/mol. The lowest BCUT2D eigenvalue weighted by atomic mass is 10.1. The highest BCUT2D eigenvalue weighted by Gasteiger charge is 2.16. The van der Waals surface area contributed by atoms with E-state index in [1.54, 1.807) is 19.1 Å². The van der Waals surface area contributed by atoms with Crippen LogP contribution in [0.2, 0.25) is 5.02 Å². The van der Waals surface area contributed by atoms with Crippen LogP contribution in [-0.4, -0.2) is 16.1 Å². The van der Waals surface area contributed by atoms with Crippen LogP contribution in [-0.2, 0) is 0 Å². The standard InChI is InChI=1S/C15H15ClN2O2/c1-8-4-5-11(16)12(6-8)18-14-13(15(19)20)9(2)7-10(3)17-14/h4-7H,1-3H3,(H,17,18)(H,19,20). The molecule has 1 aromatic heterocycles. The Labute approximate surface area is 122 Å². The van der Waals surface area contributed by atoms with Gasteiger partial charge in [-0.2, -0.15) is 0 Å². The van der Waals surface area contributed by atoms with E-state index < -0.39 is 5.97 Å². The molecule has 2 rings (SSSR count). The minimum atomic E-state index is -1.01. The number of hydrogen-bond acceptors (Lipinski definition) is 3. The number of aryl methyl sites for hydroxylation is 3. The monoisotopic (exact) mass is 290 g/mol. The minimum absolute atomic E-state index is 0.160. The zero-order valence-electron chi connectivity index (χ0n) is 11.5. The van der Waals surface area contributed by atoms with Gasteiger partial charge in [-0.25, -0.2) is 9.78 Å². The third-order valence-electron chi connectivity index (χ3n) is 2.93. The molecule has 0 amide bonds. The van der Waals surface area contributed by atoms with Crippen molar-refractivity contribution in [1.29, 1.82) is 0 Å². The third kappa shape index (κ3) is 2.91. The van der Waals surface area contributed by atoms with Crippen LogP contribution >= 0.6 is 11.6 Å². The van der Waals surface area contributed by atoms with Gasteiger partial charge in [-0.05, 0) is 50.1 Å². The van der Waals surface area contributed by atoms with Crippen molar-refractivity contribution in [2.24, 2.45) is 0 Å². The van der Waals surface area contributed by atoms with E-state index in [4.69, 9.17) is 11.6 Å². The van der Waals surface area contributed by atoms with E-state index in [0.29, 0.717) is 22.1 Å². The largest absolute Gasteiger partial charge is 0.478 e. The molecule has 2 aromatic rings. The summed E-state index contributed by atoms with van der Waals surface area (Å²) in [4.78, 5) is 15.7. The molecule has 1 aromatic carbocycles. The summed E-state index contributed by atoms with van der Waals surface area (Å²) < 4.78 is 0. The summed E-state index contributed by atoms with van der Waals surface area (Å²) >= 11 is 6.12. The number of pyridine rings is 1. The lowest BCUT2D eigenvalue weighted by molar-refractivity contribution is 0.0697. The Morgan fingerprint density at radius 1 is 1.25 bits per heavy atom. The lowest BCUT2D eigenvalue weighted by Crippen LogP contribution is -2.08. The molecule has 0 fully saturated rings. The zero-order valence-corrected chi connectivity index (χ0v) is 12.2. The van der Waals surface area contributed by atoms with Gasteiger partial charge in [0.25, 0.3) is 0 Å².